The fourth-order valence-corrected chi connectivity index (χ4v) is 6.25. The number of hydrogen-bond donors (Lipinski definition) is 3. The minimum Gasteiger partial charge on any atom is -0.462 e. The van der Waals surface area contributed by atoms with Crippen LogP contribution in [0.4, 0.5) is 0 Å². The summed E-state index contributed by atoms with van der Waals surface area (Å²) < 4.78 is 26.3. The van der Waals surface area contributed by atoms with Gasteiger partial charge in [0.2, 0.25) is 0 Å². The number of phosphoric ester groups is 1. The van der Waals surface area contributed by atoms with Crippen LogP contribution in [0.1, 0.15) is 188 Å². The van der Waals surface area contributed by atoms with Crippen LogP contribution in [0.15, 0.2) is 48.6 Å². The van der Waals surface area contributed by atoms with Crippen molar-refractivity contribution < 1.29 is 43.0 Å². The highest BCUT2D eigenvalue weighted by Gasteiger charge is 2.22. The van der Waals surface area contributed by atoms with Gasteiger partial charge in [-0.2, -0.15) is 0 Å². The number of unbranched alkanes of at least 4 members (excludes halogenated alkanes) is 14. The molecule has 0 heterocycles. The fraction of sp³-hybridized carbons (Fsp3) is 0.773. The van der Waals surface area contributed by atoms with Crippen molar-refractivity contribution in [2.45, 2.75) is 200 Å². The molecule has 0 aromatic rings. The average Bonchev–Trinajstić information content (AvgIpc) is 3.13. The first-order chi connectivity index (χ1) is 26.1. The second-order valence-electron chi connectivity index (χ2n) is 14.7. The molecule has 0 radical (unpaired) electrons. The Morgan fingerprint density at radius 2 is 1.09 bits per heavy atom. The maximum absolute atomic E-state index is 12.4. The highest BCUT2D eigenvalue weighted by atomic mass is 31.2. The number of hydrogen-bond acceptors (Lipinski definition) is 7. The number of carbonyl (C=O) groups is 2. The lowest BCUT2D eigenvalue weighted by Gasteiger charge is -2.18. The largest absolute Gasteiger partial charge is 0.469 e. The Morgan fingerprint density at radius 1 is 0.611 bits per heavy atom. The normalized spacial score (nSPS) is 14.1. The molecule has 10 heteroatoms. The van der Waals surface area contributed by atoms with Crippen LogP contribution in [0.5, 0.6) is 0 Å². The summed E-state index contributed by atoms with van der Waals surface area (Å²) >= 11 is 0. The number of aliphatic hydroxyl groups excluding tert-OH is 1. The Bertz CT molecular complexity index is 1050. The topological polar surface area (TPSA) is 140 Å². The van der Waals surface area contributed by atoms with Crippen molar-refractivity contribution >= 4 is 19.8 Å². The monoisotopic (exact) mass is 783 g/mol. The van der Waals surface area contributed by atoms with Crippen LogP contribution in [0.25, 0.3) is 0 Å². The molecule has 314 valence electrons. The standard InChI is InChI=1S/C44H79O9P/c1-4-33-41(45)35-30-26-22-18-14-10-8-12-15-19-23-27-31-36-43(46)51-38-42(39-52-54(48,49)50)53-44(47)37-32-28-24-20-16-11-7-6-9-13-17-21-25-29-34-40(3)5-2/h8,12,14,18-19,23,26,30,40-42,45H,4-7,9-11,13,15-17,20-22,24-25,27-29,31-39H2,1-3H3,(H2,48,49,50)/b12-8-,18-14-,23-19-,30-26-/t40?,41?,42-/m1/s1. The zero-order chi connectivity index (χ0) is 40.0. The molecule has 0 bridgehead atoms. The Balaban J connectivity index is 4.01. The summed E-state index contributed by atoms with van der Waals surface area (Å²) in [4.78, 5) is 42.8. The molecule has 0 aliphatic carbocycles. The van der Waals surface area contributed by atoms with E-state index in [0.717, 1.165) is 57.3 Å². The lowest BCUT2D eigenvalue weighted by Crippen LogP contribution is -2.29. The summed E-state index contributed by atoms with van der Waals surface area (Å²) in [6.45, 7) is 5.82. The van der Waals surface area contributed by atoms with Gasteiger partial charge in [0.25, 0.3) is 0 Å². The van der Waals surface area contributed by atoms with E-state index < -0.39 is 32.5 Å². The number of aliphatic hydroxyl groups is 1. The van der Waals surface area contributed by atoms with Crippen LogP contribution >= 0.6 is 7.82 Å². The van der Waals surface area contributed by atoms with E-state index in [0.29, 0.717) is 25.7 Å². The molecule has 9 nitrogen and oxygen atoms in total. The number of allylic oxidation sites excluding steroid dienone is 7. The first-order valence-corrected chi connectivity index (χ1v) is 22.9. The van der Waals surface area contributed by atoms with Crippen LogP contribution < -0.4 is 0 Å². The predicted octanol–water partition coefficient (Wildman–Crippen LogP) is 12.0. The molecular weight excluding hydrogens is 703 g/mol. The number of esters is 2. The Kier molecular flexibility index (Phi) is 36.4. The van der Waals surface area contributed by atoms with Crippen LogP contribution in [-0.4, -0.2) is 52.3 Å². The van der Waals surface area contributed by atoms with Gasteiger partial charge in [0.05, 0.1) is 12.7 Å². The van der Waals surface area contributed by atoms with Crippen LogP contribution in [-0.2, 0) is 28.2 Å². The van der Waals surface area contributed by atoms with Gasteiger partial charge in [-0.3, -0.25) is 14.1 Å². The number of carbonyl (C=O) groups excluding carboxylic acids is 2. The van der Waals surface area contributed by atoms with Gasteiger partial charge in [-0.15, -0.1) is 0 Å². The minimum absolute atomic E-state index is 0.176. The summed E-state index contributed by atoms with van der Waals surface area (Å²) in [6, 6.07) is 0. The van der Waals surface area contributed by atoms with Crippen LogP contribution in [0.3, 0.4) is 0 Å². The van der Waals surface area contributed by atoms with E-state index in [1.54, 1.807) is 0 Å². The van der Waals surface area contributed by atoms with Gasteiger partial charge in [0.1, 0.15) is 6.61 Å². The van der Waals surface area contributed by atoms with E-state index in [1.165, 1.54) is 77.0 Å². The van der Waals surface area contributed by atoms with E-state index in [4.69, 9.17) is 19.3 Å². The van der Waals surface area contributed by atoms with Crippen LogP contribution in [0, 0.1) is 5.92 Å². The van der Waals surface area contributed by atoms with Crippen molar-refractivity contribution in [3.05, 3.63) is 48.6 Å². The maximum Gasteiger partial charge on any atom is 0.469 e. The third-order valence-electron chi connectivity index (χ3n) is 9.45. The van der Waals surface area contributed by atoms with Crippen molar-refractivity contribution in [2.24, 2.45) is 5.92 Å². The van der Waals surface area contributed by atoms with Crippen molar-refractivity contribution in [3.63, 3.8) is 0 Å². The van der Waals surface area contributed by atoms with Crippen molar-refractivity contribution in [1.29, 1.82) is 0 Å². The third-order valence-corrected chi connectivity index (χ3v) is 9.93. The molecule has 0 saturated carbocycles. The zero-order valence-electron chi connectivity index (χ0n) is 34.4. The first kappa shape index (κ1) is 52.0. The number of ether oxygens (including phenoxy) is 2. The van der Waals surface area contributed by atoms with Crippen LogP contribution in [0.2, 0.25) is 0 Å². The minimum atomic E-state index is -4.77. The van der Waals surface area contributed by atoms with E-state index in [1.807, 2.05) is 18.2 Å². The molecular formula is C44H79O9P. The van der Waals surface area contributed by atoms with Crippen molar-refractivity contribution in [3.8, 4) is 0 Å². The molecule has 0 fully saturated rings. The van der Waals surface area contributed by atoms with E-state index in [2.05, 4.69) is 55.7 Å². The molecule has 0 spiro atoms. The molecule has 0 aromatic heterocycles. The molecule has 0 amide bonds. The molecule has 0 aliphatic heterocycles. The molecule has 0 rings (SSSR count). The molecule has 0 aromatic carbocycles. The van der Waals surface area contributed by atoms with Gasteiger partial charge < -0.3 is 24.4 Å². The highest BCUT2D eigenvalue weighted by molar-refractivity contribution is 7.46. The van der Waals surface area contributed by atoms with Crippen molar-refractivity contribution in [2.75, 3.05) is 13.2 Å². The summed E-state index contributed by atoms with van der Waals surface area (Å²) in [5.74, 6) is -0.0928. The predicted molar refractivity (Wildman–Crippen MR) is 222 cm³/mol. The van der Waals surface area contributed by atoms with Gasteiger partial charge in [-0.25, -0.2) is 4.57 Å². The number of rotatable bonds is 38. The molecule has 0 saturated heterocycles. The molecule has 3 atom stereocenters. The van der Waals surface area contributed by atoms with Gasteiger partial charge in [0, 0.05) is 12.8 Å². The van der Waals surface area contributed by atoms with Gasteiger partial charge in [-0.1, -0.05) is 172 Å². The molecule has 54 heavy (non-hydrogen) atoms. The maximum atomic E-state index is 12.4. The molecule has 3 N–H and O–H groups in total. The second kappa shape index (κ2) is 37.9. The Morgan fingerprint density at radius 3 is 1.61 bits per heavy atom. The number of phosphoric acid groups is 1. The first-order valence-electron chi connectivity index (χ1n) is 21.4. The quantitative estimate of drug-likeness (QED) is 0.0242. The summed E-state index contributed by atoms with van der Waals surface area (Å²) in [5, 5.41) is 9.70. The van der Waals surface area contributed by atoms with Gasteiger partial charge in [0.15, 0.2) is 6.10 Å². The second-order valence-corrected chi connectivity index (χ2v) is 16.0. The van der Waals surface area contributed by atoms with E-state index in [-0.39, 0.29) is 25.6 Å². The Labute approximate surface area is 329 Å². The van der Waals surface area contributed by atoms with Crippen molar-refractivity contribution in [1.82, 2.24) is 0 Å². The SMILES string of the molecule is CCCC(O)C/C=C\C/C=C\C/C=C\C/C=C\CCCC(=O)OC[C@H](COP(=O)(O)O)OC(=O)CCCCCCCCCCCCCCCCC(C)CC. The fourth-order valence-electron chi connectivity index (χ4n) is 5.89. The smallest absolute Gasteiger partial charge is 0.462 e. The summed E-state index contributed by atoms with van der Waals surface area (Å²) in [7, 11) is -4.77. The molecule has 2 unspecified atom stereocenters. The van der Waals surface area contributed by atoms with E-state index >= 15 is 0 Å². The zero-order valence-corrected chi connectivity index (χ0v) is 35.3. The Hall–Kier alpha value is -2.03. The van der Waals surface area contributed by atoms with Gasteiger partial charge in [-0.05, 0) is 57.3 Å². The lowest BCUT2D eigenvalue weighted by molar-refractivity contribution is -0.161. The molecule has 0 aliphatic rings. The third kappa shape index (κ3) is 39.7. The van der Waals surface area contributed by atoms with Gasteiger partial charge >= 0.3 is 19.8 Å². The lowest BCUT2D eigenvalue weighted by atomic mass is 9.99. The summed E-state index contributed by atoms with van der Waals surface area (Å²) in [6.07, 6.45) is 41.8. The average molecular weight is 783 g/mol. The highest BCUT2D eigenvalue weighted by Crippen LogP contribution is 2.36. The summed E-state index contributed by atoms with van der Waals surface area (Å²) in [5.41, 5.74) is 0. The van der Waals surface area contributed by atoms with E-state index in [9.17, 15) is 19.3 Å².